The molecule has 1 aromatic carbocycles. The molecule has 2 aromatic rings. The summed E-state index contributed by atoms with van der Waals surface area (Å²) in [5.41, 5.74) is 2.17. The number of fused-ring (bicyclic) bond motifs is 1. The molecule has 2 nitrogen and oxygen atoms in total. The maximum atomic E-state index is 8.92. The molecule has 0 spiro atoms. The molecule has 1 heterocycles. The summed E-state index contributed by atoms with van der Waals surface area (Å²) in [7, 11) is 0. The number of hydrogen-bond donors (Lipinski definition) is 1. The summed E-state index contributed by atoms with van der Waals surface area (Å²) in [6.45, 7) is 2.13. The van der Waals surface area contributed by atoms with Gasteiger partial charge in [-0.3, -0.25) is 0 Å². The van der Waals surface area contributed by atoms with Crippen molar-refractivity contribution in [2.24, 2.45) is 0 Å². The standard InChI is InChI=1S/C12H14O2/c1-2-3-9-4-5-10-7-11(8-13)14-12(10)6-9/h4-7,13H,2-3,8H2,1H3. The molecule has 0 saturated heterocycles. The van der Waals surface area contributed by atoms with Gasteiger partial charge in [0.25, 0.3) is 0 Å². The molecule has 1 aromatic heterocycles. The number of aliphatic hydroxyl groups is 1. The van der Waals surface area contributed by atoms with Crippen LogP contribution in [-0.4, -0.2) is 5.11 Å². The van der Waals surface area contributed by atoms with Crippen LogP contribution in [0.4, 0.5) is 0 Å². The van der Waals surface area contributed by atoms with E-state index < -0.39 is 0 Å². The van der Waals surface area contributed by atoms with E-state index in [1.54, 1.807) is 0 Å². The minimum absolute atomic E-state index is 0.0300. The molecule has 0 bridgehead atoms. The molecule has 0 atom stereocenters. The number of rotatable bonds is 3. The van der Waals surface area contributed by atoms with E-state index in [-0.39, 0.29) is 6.61 Å². The van der Waals surface area contributed by atoms with Gasteiger partial charge in [-0.25, -0.2) is 0 Å². The Hall–Kier alpha value is -1.28. The van der Waals surface area contributed by atoms with Crippen LogP contribution in [0.25, 0.3) is 11.0 Å². The Morgan fingerprint density at radius 1 is 1.29 bits per heavy atom. The van der Waals surface area contributed by atoms with Gasteiger partial charge in [-0.1, -0.05) is 25.5 Å². The van der Waals surface area contributed by atoms with Crippen LogP contribution in [0.3, 0.4) is 0 Å². The van der Waals surface area contributed by atoms with Crippen molar-refractivity contribution in [3.05, 3.63) is 35.6 Å². The van der Waals surface area contributed by atoms with Crippen LogP contribution in [-0.2, 0) is 13.0 Å². The minimum atomic E-state index is -0.0300. The van der Waals surface area contributed by atoms with Crippen molar-refractivity contribution in [1.82, 2.24) is 0 Å². The van der Waals surface area contributed by atoms with Gasteiger partial charge in [0, 0.05) is 5.39 Å². The van der Waals surface area contributed by atoms with E-state index in [0.717, 1.165) is 23.8 Å². The van der Waals surface area contributed by atoms with Gasteiger partial charge in [-0.05, 0) is 24.1 Å². The number of aliphatic hydroxyl groups excluding tert-OH is 1. The van der Waals surface area contributed by atoms with Crippen molar-refractivity contribution >= 4 is 11.0 Å². The van der Waals surface area contributed by atoms with E-state index in [0.29, 0.717) is 5.76 Å². The number of furan rings is 1. The second kappa shape index (κ2) is 3.84. The molecule has 74 valence electrons. The number of aryl methyl sites for hydroxylation is 1. The lowest BCUT2D eigenvalue weighted by Gasteiger charge is -1.96. The van der Waals surface area contributed by atoms with E-state index in [2.05, 4.69) is 19.1 Å². The Balaban J connectivity index is 2.43. The van der Waals surface area contributed by atoms with Gasteiger partial charge in [0.05, 0.1) is 0 Å². The number of benzene rings is 1. The summed E-state index contributed by atoms with van der Waals surface area (Å²) in [4.78, 5) is 0. The molecule has 0 aliphatic rings. The molecule has 0 unspecified atom stereocenters. The summed E-state index contributed by atoms with van der Waals surface area (Å²) in [5.74, 6) is 0.633. The van der Waals surface area contributed by atoms with Crippen LogP contribution in [0.2, 0.25) is 0 Å². The predicted octanol–water partition coefficient (Wildman–Crippen LogP) is 2.88. The van der Waals surface area contributed by atoms with Crippen LogP contribution in [0.5, 0.6) is 0 Å². The Labute approximate surface area is 83.2 Å². The Morgan fingerprint density at radius 2 is 2.14 bits per heavy atom. The van der Waals surface area contributed by atoms with E-state index in [4.69, 9.17) is 9.52 Å². The zero-order valence-electron chi connectivity index (χ0n) is 8.29. The van der Waals surface area contributed by atoms with Crippen LogP contribution >= 0.6 is 0 Å². The van der Waals surface area contributed by atoms with Gasteiger partial charge in [0.2, 0.25) is 0 Å². The maximum Gasteiger partial charge on any atom is 0.134 e. The van der Waals surface area contributed by atoms with Crippen molar-refractivity contribution in [2.75, 3.05) is 0 Å². The molecule has 0 saturated carbocycles. The average Bonchev–Trinajstić information content (AvgIpc) is 2.60. The first kappa shape index (κ1) is 9.28. The van der Waals surface area contributed by atoms with Crippen molar-refractivity contribution < 1.29 is 9.52 Å². The molecule has 0 amide bonds. The number of hydrogen-bond acceptors (Lipinski definition) is 2. The average molecular weight is 190 g/mol. The van der Waals surface area contributed by atoms with Gasteiger partial charge < -0.3 is 9.52 Å². The van der Waals surface area contributed by atoms with E-state index in [1.165, 1.54) is 5.56 Å². The van der Waals surface area contributed by atoms with Gasteiger partial charge in [0.15, 0.2) is 0 Å². The first-order chi connectivity index (χ1) is 6.83. The Morgan fingerprint density at radius 3 is 2.86 bits per heavy atom. The summed E-state index contributed by atoms with van der Waals surface area (Å²) in [6, 6.07) is 8.09. The lowest BCUT2D eigenvalue weighted by atomic mass is 10.1. The molecule has 0 aliphatic heterocycles. The summed E-state index contributed by atoms with van der Waals surface area (Å²) < 4.78 is 5.45. The van der Waals surface area contributed by atoms with E-state index in [9.17, 15) is 0 Å². The molecule has 0 radical (unpaired) electrons. The molecule has 0 aliphatic carbocycles. The second-order valence-corrected chi connectivity index (χ2v) is 3.49. The largest absolute Gasteiger partial charge is 0.459 e. The quantitative estimate of drug-likeness (QED) is 0.807. The summed E-state index contributed by atoms with van der Waals surface area (Å²) >= 11 is 0. The van der Waals surface area contributed by atoms with Crippen molar-refractivity contribution in [1.29, 1.82) is 0 Å². The molecule has 0 fully saturated rings. The fourth-order valence-corrected chi connectivity index (χ4v) is 1.65. The Kier molecular flexibility index (Phi) is 2.55. The normalized spacial score (nSPS) is 11.0. The topological polar surface area (TPSA) is 33.4 Å². The first-order valence-electron chi connectivity index (χ1n) is 4.95. The highest BCUT2D eigenvalue weighted by Crippen LogP contribution is 2.21. The van der Waals surface area contributed by atoms with E-state index in [1.807, 2.05) is 12.1 Å². The van der Waals surface area contributed by atoms with Gasteiger partial charge >= 0.3 is 0 Å². The summed E-state index contributed by atoms with van der Waals surface area (Å²) in [5, 5.41) is 9.98. The first-order valence-corrected chi connectivity index (χ1v) is 4.95. The summed E-state index contributed by atoms with van der Waals surface area (Å²) in [6.07, 6.45) is 2.21. The highest BCUT2D eigenvalue weighted by atomic mass is 16.4. The fourth-order valence-electron chi connectivity index (χ4n) is 1.65. The second-order valence-electron chi connectivity index (χ2n) is 3.49. The molecular formula is C12H14O2. The van der Waals surface area contributed by atoms with Crippen LogP contribution < -0.4 is 0 Å². The maximum absolute atomic E-state index is 8.92. The molecule has 1 N–H and O–H groups in total. The van der Waals surface area contributed by atoms with Crippen LogP contribution in [0.15, 0.2) is 28.7 Å². The van der Waals surface area contributed by atoms with Crippen LogP contribution in [0, 0.1) is 0 Å². The monoisotopic (exact) mass is 190 g/mol. The van der Waals surface area contributed by atoms with E-state index >= 15 is 0 Å². The minimum Gasteiger partial charge on any atom is -0.459 e. The predicted molar refractivity (Wildman–Crippen MR) is 56.1 cm³/mol. The third kappa shape index (κ3) is 1.66. The highest BCUT2D eigenvalue weighted by molar-refractivity contribution is 5.78. The van der Waals surface area contributed by atoms with Gasteiger partial charge in [-0.15, -0.1) is 0 Å². The third-order valence-electron chi connectivity index (χ3n) is 2.33. The smallest absolute Gasteiger partial charge is 0.134 e. The van der Waals surface area contributed by atoms with Crippen molar-refractivity contribution in [3.63, 3.8) is 0 Å². The molecule has 2 heteroatoms. The zero-order valence-corrected chi connectivity index (χ0v) is 8.29. The van der Waals surface area contributed by atoms with Gasteiger partial charge in [0.1, 0.15) is 18.0 Å². The third-order valence-corrected chi connectivity index (χ3v) is 2.33. The lowest BCUT2D eigenvalue weighted by molar-refractivity contribution is 0.251. The highest BCUT2D eigenvalue weighted by Gasteiger charge is 2.02. The SMILES string of the molecule is CCCc1ccc2cc(CO)oc2c1. The molecule has 2 rings (SSSR count). The van der Waals surface area contributed by atoms with Crippen molar-refractivity contribution in [3.8, 4) is 0 Å². The van der Waals surface area contributed by atoms with Gasteiger partial charge in [-0.2, -0.15) is 0 Å². The molecule has 14 heavy (non-hydrogen) atoms. The van der Waals surface area contributed by atoms with Crippen LogP contribution in [0.1, 0.15) is 24.7 Å². The molecular weight excluding hydrogens is 176 g/mol. The van der Waals surface area contributed by atoms with Crippen molar-refractivity contribution in [2.45, 2.75) is 26.4 Å². The Bertz CT molecular complexity index is 429. The zero-order chi connectivity index (χ0) is 9.97. The lowest BCUT2D eigenvalue weighted by Crippen LogP contribution is -1.80. The fraction of sp³-hybridized carbons (Fsp3) is 0.333.